The first kappa shape index (κ1) is 16.9. The summed E-state index contributed by atoms with van der Waals surface area (Å²) in [7, 11) is -3.85. The number of sulfonamides is 1. The maximum Gasteiger partial charge on any atom is 0.408 e. The van der Waals surface area contributed by atoms with E-state index in [1.165, 1.54) is 0 Å². The Morgan fingerprint density at radius 3 is 2.65 bits per heavy atom. The Morgan fingerprint density at radius 1 is 1.45 bits per heavy atom. The van der Waals surface area contributed by atoms with E-state index >= 15 is 0 Å². The number of hydrogen-bond acceptors (Lipinski definition) is 4. The molecule has 20 heavy (non-hydrogen) atoms. The van der Waals surface area contributed by atoms with E-state index in [1.54, 1.807) is 6.92 Å². The largest absolute Gasteiger partial charge is 0.408 e. The fourth-order valence-corrected chi connectivity index (χ4v) is 2.57. The van der Waals surface area contributed by atoms with Crippen LogP contribution in [-0.2, 0) is 16.6 Å². The minimum absolute atomic E-state index is 0.0833. The van der Waals surface area contributed by atoms with Crippen molar-refractivity contribution in [3.05, 3.63) is 12.4 Å². The zero-order valence-electron chi connectivity index (χ0n) is 11.1. The summed E-state index contributed by atoms with van der Waals surface area (Å²) in [6, 6.07) is -0.0833. The minimum atomic E-state index is -4.44. The Kier molecular flexibility index (Phi) is 5.54. The number of hydrogen-bond donors (Lipinski definition) is 2. The molecule has 0 unspecified atom stereocenters. The lowest BCUT2D eigenvalue weighted by Gasteiger charge is -2.12. The molecule has 10 heteroatoms. The van der Waals surface area contributed by atoms with E-state index in [2.05, 4.69) is 15.1 Å². The quantitative estimate of drug-likeness (QED) is 0.778. The van der Waals surface area contributed by atoms with Crippen molar-refractivity contribution in [2.24, 2.45) is 0 Å². The second-order valence-electron chi connectivity index (χ2n) is 4.30. The molecule has 1 aromatic rings. The van der Waals surface area contributed by atoms with Crippen LogP contribution >= 0.6 is 0 Å². The highest BCUT2D eigenvalue weighted by Crippen LogP contribution is 2.18. The van der Waals surface area contributed by atoms with Crippen LogP contribution in [0.1, 0.15) is 13.8 Å². The van der Waals surface area contributed by atoms with Gasteiger partial charge >= 0.3 is 6.18 Å². The van der Waals surface area contributed by atoms with Gasteiger partial charge in [-0.3, -0.25) is 4.68 Å². The molecular formula is C10H17F3N4O2S. The predicted molar refractivity (Wildman–Crippen MR) is 66.6 cm³/mol. The molecule has 1 atom stereocenters. The van der Waals surface area contributed by atoms with E-state index < -0.39 is 22.7 Å². The summed E-state index contributed by atoms with van der Waals surface area (Å²) in [4.78, 5) is -0.287. The summed E-state index contributed by atoms with van der Waals surface area (Å²) in [6.45, 7) is 3.18. The average Bonchev–Trinajstić information content (AvgIpc) is 2.74. The minimum Gasteiger partial charge on any atom is -0.313 e. The number of aromatic nitrogens is 2. The molecular weight excluding hydrogens is 297 g/mol. The molecule has 0 radical (unpaired) electrons. The van der Waals surface area contributed by atoms with Crippen LogP contribution in [0.15, 0.2) is 17.3 Å². The van der Waals surface area contributed by atoms with Crippen molar-refractivity contribution in [3.63, 3.8) is 0 Å². The zero-order chi connectivity index (χ0) is 15.4. The Bertz CT molecular complexity index is 527. The van der Waals surface area contributed by atoms with Gasteiger partial charge in [-0.05, 0) is 13.5 Å². The SMILES string of the molecule is CCN[C@H](C)CNS(=O)(=O)c1cnn(CC(F)(F)F)c1. The second kappa shape index (κ2) is 6.55. The van der Waals surface area contributed by atoms with Gasteiger partial charge in [0.25, 0.3) is 0 Å². The van der Waals surface area contributed by atoms with Crippen LogP contribution in [0.25, 0.3) is 0 Å². The number of halogens is 3. The molecule has 116 valence electrons. The molecule has 0 spiro atoms. The summed E-state index contributed by atoms with van der Waals surface area (Å²) in [5.74, 6) is 0. The maximum absolute atomic E-state index is 12.2. The first-order valence-corrected chi connectivity index (χ1v) is 7.44. The average molecular weight is 314 g/mol. The second-order valence-corrected chi connectivity index (χ2v) is 6.07. The Morgan fingerprint density at radius 2 is 2.10 bits per heavy atom. The van der Waals surface area contributed by atoms with Crippen molar-refractivity contribution in [2.45, 2.75) is 37.5 Å². The Hall–Kier alpha value is -1.13. The maximum atomic E-state index is 12.2. The molecule has 1 rings (SSSR count). The molecule has 0 amide bonds. The van der Waals surface area contributed by atoms with Gasteiger partial charge in [-0.2, -0.15) is 18.3 Å². The van der Waals surface area contributed by atoms with Gasteiger partial charge in [-0.1, -0.05) is 6.92 Å². The van der Waals surface area contributed by atoms with Gasteiger partial charge in [-0.25, -0.2) is 13.1 Å². The molecule has 0 aliphatic rings. The predicted octanol–water partition coefficient (Wildman–Crippen LogP) is 0.722. The van der Waals surface area contributed by atoms with Gasteiger partial charge in [0.05, 0.1) is 6.20 Å². The molecule has 1 heterocycles. The standard InChI is InChI=1S/C10H17F3N4O2S/c1-3-14-8(2)4-16-20(18,19)9-5-15-17(6-9)7-10(11,12)13/h5-6,8,14,16H,3-4,7H2,1-2H3/t8-/m1/s1. The molecule has 0 bridgehead atoms. The first-order valence-electron chi connectivity index (χ1n) is 5.96. The Balaban J connectivity index is 2.69. The molecule has 1 aromatic heterocycles. The van der Waals surface area contributed by atoms with Gasteiger partial charge in [0.2, 0.25) is 10.0 Å². The number of likely N-dealkylation sites (N-methyl/N-ethyl adjacent to an activating group) is 1. The molecule has 0 fully saturated rings. The highest BCUT2D eigenvalue weighted by atomic mass is 32.2. The van der Waals surface area contributed by atoms with E-state index in [9.17, 15) is 21.6 Å². The lowest BCUT2D eigenvalue weighted by atomic mass is 10.3. The third-order valence-electron chi connectivity index (χ3n) is 2.39. The third kappa shape index (κ3) is 5.47. The molecule has 0 aromatic carbocycles. The monoisotopic (exact) mass is 314 g/mol. The highest BCUT2D eigenvalue weighted by Gasteiger charge is 2.29. The van der Waals surface area contributed by atoms with E-state index in [4.69, 9.17) is 0 Å². The lowest BCUT2D eigenvalue weighted by molar-refractivity contribution is -0.142. The van der Waals surface area contributed by atoms with Gasteiger partial charge in [0, 0.05) is 18.8 Å². The summed E-state index contributed by atoms with van der Waals surface area (Å²) < 4.78 is 63.0. The van der Waals surface area contributed by atoms with Crippen LogP contribution in [0, 0.1) is 0 Å². The lowest BCUT2D eigenvalue weighted by Crippen LogP contribution is -2.38. The normalized spacial score (nSPS) is 14.4. The van der Waals surface area contributed by atoms with Crippen molar-refractivity contribution in [3.8, 4) is 0 Å². The summed E-state index contributed by atoms with van der Waals surface area (Å²) >= 11 is 0. The van der Waals surface area contributed by atoms with E-state index in [0.717, 1.165) is 12.4 Å². The summed E-state index contributed by atoms with van der Waals surface area (Å²) in [5.41, 5.74) is 0. The molecule has 2 N–H and O–H groups in total. The van der Waals surface area contributed by atoms with E-state index in [1.807, 2.05) is 6.92 Å². The molecule has 0 saturated heterocycles. The van der Waals surface area contributed by atoms with Crippen molar-refractivity contribution < 1.29 is 21.6 Å². The van der Waals surface area contributed by atoms with Crippen molar-refractivity contribution >= 4 is 10.0 Å². The number of alkyl halides is 3. The van der Waals surface area contributed by atoms with Crippen molar-refractivity contribution in [1.29, 1.82) is 0 Å². The van der Waals surface area contributed by atoms with E-state index in [0.29, 0.717) is 11.2 Å². The van der Waals surface area contributed by atoms with Crippen molar-refractivity contribution in [1.82, 2.24) is 19.8 Å². The highest BCUT2D eigenvalue weighted by molar-refractivity contribution is 7.89. The number of rotatable bonds is 7. The van der Waals surface area contributed by atoms with Crippen LogP contribution in [0.5, 0.6) is 0 Å². The number of nitrogens with one attached hydrogen (secondary N) is 2. The fourth-order valence-electron chi connectivity index (χ4n) is 1.49. The first-order chi connectivity index (χ1) is 9.14. The van der Waals surface area contributed by atoms with Crippen LogP contribution in [0.4, 0.5) is 13.2 Å². The van der Waals surface area contributed by atoms with Crippen LogP contribution in [0.3, 0.4) is 0 Å². The summed E-state index contributed by atoms with van der Waals surface area (Å²) in [6.07, 6.45) is -2.69. The molecule has 6 nitrogen and oxygen atoms in total. The van der Waals surface area contributed by atoms with Crippen LogP contribution in [-0.4, -0.2) is 43.5 Å². The van der Waals surface area contributed by atoms with Gasteiger partial charge < -0.3 is 5.32 Å². The third-order valence-corrected chi connectivity index (χ3v) is 3.77. The van der Waals surface area contributed by atoms with Gasteiger partial charge in [-0.15, -0.1) is 0 Å². The molecule has 0 aliphatic carbocycles. The molecule has 0 saturated carbocycles. The summed E-state index contributed by atoms with van der Waals surface area (Å²) in [5, 5.41) is 6.40. The van der Waals surface area contributed by atoms with Gasteiger partial charge in [0.15, 0.2) is 0 Å². The zero-order valence-corrected chi connectivity index (χ0v) is 11.9. The Labute approximate surface area is 115 Å². The van der Waals surface area contributed by atoms with Gasteiger partial charge in [0.1, 0.15) is 11.4 Å². The van der Waals surface area contributed by atoms with Crippen molar-refractivity contribution in [2.75, 3.05) is 13.1 Å². The van der Waals surface area contributed by atoms with Crippen LogP contribution < -0.4 is 10.0 Å². The molecule has 0 aliphatic heterocycles. The number of nitrogens with zero attached hydrogens (tertiary/aromatic N) is 2. The van der Waals surface area contributed by atoms with Crippen LogP contribution in [0.2, 0.25) is 0 Å². The topological polar surface area (TPSA) is 76.0 Å². The smallest absolute Gasteiger partial charge is 0.313 e. The van der Waals surface area contributed by atoms with E-state index in [-0.39, 0.29) is 17.5 Å². The fraction of sp³-hybridized carbons (Fsp3) is 0.700.